The van der Waals surface area contributed by atoms with E-state index in [0.717, 1.165) is 17.7 Å². The first kappa shape index (κ1) is 14.5. The van der Waals surface area contributed by atoms with Crippen molar-refractivity contribution in [2.45, 2.75) is 20.3 Å². The Balaban J connectivity index is 2.58. The van der Waals surface area contributed by atoms with Crippen LogP contribution >= 0.6 is 11.8 Å². The number of carbonyl (C=O) groups excluding carboxylic acids is 2. The van der Waals surface area contributed by atoms with E-state index in [4.69, 9.17) is 0 Å². The summed E-state index contributed by atoms with van der Waals surface area (Å²) in [6, 6.07) is 4.96. The van der Waals surface area contributed by atoms with Gasteiger partial charge in [0.25, 0.3) is 0 Å². The van der Waals surface area contributed by atoms with Crippen LogP contribution in [0, 0.1) is 0 Å². The highest BCUT2D eigenvalue weighted by Gasteiger charge is 2.05. The topological polar surface area (TPSA) is 54.4 Å². The molecule has 18 heavy (non-hydrogen) atoms. The molecule has 0 unspecified atom stereocenters. The Labute approximate surface area is 111 Å². The van der Waals surface area contributed by atoms with Crippen molar-refractivity contribution in [2.24, 2.45) is 0 Å². The molecule has 96 valence electrons. The van der Waals surface area contributed by atoms with Crippen LogP contribution in [0.1, 0.15) is 36.2 Å². The average Bonchev–Trinajstić information content (AvgIpc) is 2.27. The number of benzene rings is 1. The number of Topliss-reactive ketones (excluding diaryl/α,β-unsaturated/α-hetero) is 1. The maximum absolute atomic E-state index is 11.1. The number of hydrogen-bond donors (Lipinski definition) is 1. The molecule has 0 aliphatic rings. The molecule has 0 aliphatic carbocycles. The predicted octanol–water partition coefficient (Wildman–Crippen LogP) is 3.28. The number of hydrogen-bond acceptors (Lipinski definition) is 4. The van der Waals surface area contributed by atoms with E-state index in [9.17, 15) is 14.7 Å². The van der Waals surface area contributed by atoms with Crippen LogP contribution in [-0.2, 0) is 4.79 Å². The second-order valence-electron chi connectivity index (χ2n) is 3.86. The quantitative estimate of drug-likeness (QED) is 0.655. The molecular weight excluding hydrogens is 248 g/mol. The number of aromatic hydroxyl groups is 1. The van der Waals surface area contributed by atoms with Crippen LogP contribution in [0.4, 0.5) is 0 Å². The minimum Gasteiger partial charge on any atom is -0.507 e. The van der Waals surface area contributed by atoms with Gasteiger partial charge in [0.05, 0.1) is 5.56 Å². The lowest BCUT2D eigenvalue weighted by atomic mass is 10.1. The van der Waals surface area contributed by atoms with E-state index >= 15 is 0 Å². The summed E-state index contributed by atoms with van der Waals surface area (Å²) >= 11 is 1.29. The molecule has 0 heterocycles. The highest BCUT2D eigenvalue weighted by Crippen LogP contribution is 2.20. The molecule has 0 radical (unpaired) electrons. The number of phenols is 1. The monoisotopic (exact) mass is 264 g/mol. The summed E-state index contributed by atoms with van der Waals surface area (Å²) in [5.41, 5.74) is 1.17. The summed E-state index contributed by atoms with van der Waals surface area (Å²) in [5.74, 6) is 0.604. The molecule has 1 N–H and O–H groups in total. The Hall–Kier alpha value is -1.55. The van der Waals surface area contributed by atoms with Gasteiger partial charge in [0.1, 0.15) is 5.75 Å². The minimum atomic E-state index is -0.152. The molecule has 0 saturated carbocycles. The molecule has 0 spiro atoms. The van der Waals surface area contributed by atoms with Gasteiger partial charge in [-0.05, 0) is 31.0 Å². The van der Waals surface area contributed by atoms with Crippen molar-refractivity contribution in [3.05, 3.63) is 35.4 Å². The van der Waals surface area contributed by atoms with Crippen molar-refractivity contribution in [1.29, 1.82) is 0 Å². The van der Waals surface area contributed by atoms with E-state index in [2.05, 4.69) is 0 Å². The van der Waals surface area contributed by atoms with E-state index in [1.165, 1.54) is 18.7 Å². The number of thioether (sulfide) groups is 1. The molecule has 0 amide bonds. The molecule has 0 fully saturated rings. The zero-order chi connectivity index (χ0) is 13.5. The van der Waals surface area contributed by atoms with Gasteiger partial charge in [0.15, 0.2) is 10.9 Å². The van der Waals surface area contributed by atoms with Gasteiger partial charge >= 0.3 is 0 Å². The van der Waals surface area contributed by atoms with Crippen molar-refractivity contribution in [1.82, 2.24) is 0 Å². The highest BCUT2D eigenvalue weighted by atomic mass is 32.2. The maximum atomic E-state index is 11.1. The van der Waals surface area contributed by atoms with Gasteiger partial charge < -0.3 is 5.11 Å². The molecule has 1 aromatic rings. The standard InChI is InChI=1S/C14H16O3S/c1-10(15)13-7-6-12(9-14(13)17)5-3-4-8-18-11(2)16/h3,5-7,9,17H,4,8H2,1-2H3. The van der Waals surface area contributed by atoms with Crippen LogP contribution in [0.25, 0.3) is 6.08 Å². The number of rotatable bonds is 5. The Morgan fingerprint density at radius 3 is 2.61 bits per heavy atom. The van der Waals surface area contributed by atoms with Crippen molar-refractivity contribution in [3.8, 4) is 5.75 Å². The Kier molecular flexibility index (Phi) is 5.65. The number of ketones is 1. The normalized spacial score (nSPS) is 10.8. The molecule has 0 atom stereocenters. The van der Waals surface area contributed by atoms with E-state index in [1.807, 2.05) is 12.2 Å². The molecule has 0 saturated heterocycles. The zero-order valence-electron chi connectivity index (χ0n) is 10.5. The Morgan fingerprint density at radius 1 is 1.33 bits per heavy atom. The minimum absolute atomic E-state index is 0.00256. The van der Waals surface area contributed by atoms with Gasteiger partial charge in [-0.2, -0.15) is 0 Å². The highest BCUT2D eigenvalue weighted by molar-refractivity contribution is 8.13. The average molecular weight is 264 g/mol. The third-order valence-electron chi connectivity index (χ3n) is 2.30. The molecule has 0 aliphatic heterocycles. The molecule has 0 aromatic heterocycles. The van der Waals surface area contributed by atoms with E-state index in [-0.39, 0.29) is 16.6 Å². The zero-order valence-corrected chi connectivity index (χ0v) is 11.3. The molecule has 4 heteroatoms. The van der Waals surface area contributed by atoms with Crippen LogP contribution in [0.3, 0.4) is 0 Å². The summed E-state index contributed by atoms with van der Waals surface area (Å²) in [5, 5.41) is 9.75. The van der Waals surface area contributed by atoms with E-state index < -0.39 is 0 Å². The summed E-state index contributed by atoms with van der Waals surface area (Å²) in [6.45, 7) is 2.97. The lowest BCUT2D eigenvalue weighted by Gasteiger charge is -2.01. The second kappa shape index (κ2) is 7.01. The van der Waals surface area contributed by atoms with Crippen molar-refractivity contribution in [3.63, 3.8) is 0 Å². The van der Waals surface area contributed by atoms with E-state index in [0.29, 0.717) is 5.56 Å². The first-order chi connectivity index (χ1) is 8.50. The number of carbonyl (C=O) groups is 2. The lowest BCUT2D eigenvalue weighted by molar-refractivity contribution is -0.109. The van der Waals surface area contributed by atoms with Crippen molar-refractivity contribution >= 4 is 28.7 Å². The van der Waals surface area contributed by atoms with Crippen molar-refractivity contribution < 1.29 is 14.7 Å². The predicted molar refractivity (Wildman–Crippen MR) is 74.9 cm³/mol. The first-order valence-corrected chi connectivity index (χ1v) is 6.63. The van der Waals surface area contributed by atoms with Gasteiger partial charge in [0.2, 0.25) is 0 Å². The van der Waals surface area contributed by atoms with Crippen LogP contribution in [0.2, 0.25) is 0 Å². The number of allylic oxidation sites excluding steroid dienone is 1. The third-order valence-corrected chi connectivity index (χ3v) is 3.15. The summed E-state index contributed by atoms with van der Waals surface area (Å²) in [6.07, 6.45) is 4.60. The van der Waals surface area contributed by atoms with E-state index in [1.54, 1.807) is 25.1 Å². The fourth-order valence-corrected chi connectivity index (χ4v) is 1.98. The fraction of sp³-hybridized carbons (Fsp3) is 0.286. The number of phenolic OH excluding ortho intramolecular Hbond substituents is 1. The Morgan fingerprint density at radius 2 is 2.06 bits per heavy atom. The van der Waals surface area contributed by atoms with Gasteiger partial charge in [0, 0.05) is 12.7 Å². The molecule has 1 aromatic carbocycles. The second-order valence-corrected chi connectivity index (χ2v) is 5.14. The van der Waals surface area contributed by atoms with Gasteiger partial charge in [-0.15, -0.1) is 0 Å². The van der Waals surface area contributed by atoms with Crippen LogP contribution < -0.4 is 0 Å². The van der Waals surface area contributed by atoms with Crippen molar-refractivity contribution in [2.75, 3.05) is 5.75 Å². The van der Waals surface area contributed by atoms with Crippen LogP contribution in [0.15, 0.2) is 24.3 Å². The SMILES string of the molecule is CC(=O)SCCC=Cc1ccc(C(C)=O)c(O)c1. The summed E-state index contributed by atoms with van der Waals surface area (Å²) in [4.78, 5) is 21.8. The van der Waals surface area contributed by atoms with Gasteiger partial charge in [-0.25, -0.2) is 0 Å². The maximum Gasteiger partial charge on any atom is 0.185 e. The Bertz CT molecular complexity index is 478. The summed E-state index contributed by atoms with van der Waals surface area (Å²) in [7, 11) is 0. The fourth-order valence-electron chi connectivity index (χ4n) is 1.44. The molecular formula is C14H16O3S. The first-order valence-electron chi connectivity index (χ1n) is 5.64. The van der Waals surface area contributed by atoms with Gasteiger partial charge in [-0.3, -0.25) is 9.59 Å². The summed E-state index contributed by atoms with van der Waals surface area (Å²) < 4.78 is 0. The molecule has 0 bridgehead atoms. The smallest absolute Gasteiger partial charge is 0.185 e. The third kappa shape index (κ3) is 4.75. The van der Waals surface area contributed by atoms with Gasteiger partial charge in [-0.1, -0.05) is 30.0 Å². The molecule has 1 rings (SSSR count). The molecule has 3 nitrogen and oxygen atoms in total. The lowest BCUT2D eigenvalue weighted by Crippen LogP contribution is -1.92. The van der Waals surface area contributed by atoms with Crippen LogP contribution in [0.5, 0.6) is 5.75 Å². The van der Waals surface area contributed by atoms with Crippen LogP contribution in [-0.4, -0.2) is 21.8 Å². The largest absolute Gasteiger partial charge is 0.507 e.